The number of rotatable bonds is 1. The summed E-state index contributed by atoms with van der Waals surface area (Å²) < 4.78 is 0. The van der Waals surface area contributed by atoms with Gasteiger partial charge >= 0.3 is 0 Å². The molecule has 1 aliphatic carbocycles. The van der Waals surface area contributed by atoms with Gasteiger partial charge in [-0.3, -0.25) is 0 Å². The number of allylic oxidation sites excluding steroid dienone is 3. The van der Waals surface area contributed by atoms with Crippen molar-refractivity contribution in [3.05, 3.63) is 53.6 Å². The van der Waals surface area contributed by atoms with Crippen LogP contribution in [0.5, 0.6) is 0 Å². The summed E-state index contributed by atoms with van der Waals surface area (Å²) in [5.74, 6) is 0. The van der Waals surface area contributed by atoms with E-state index in [-0.39, 0.29) is 5.41 Å². The first kappa shape index (κ1) is 21.0. The molecule has 1 aromatic carbocycles. The van der Waals surface area contributed by atoms with Gasteiger partial charge in [0.05, 0.1) is 0 Å². The van der Waals surface area contributed by atoms with Gasteiger partial charge in [0.2, 0.25) is 0 Å². The fourth-order valence-corrected chi connectivity index (χ4v) is 2.27. The molecule has 0 nitrogen and oxygen atoms in total. The molecule has 2 rings (SSSR count). The SMILES string of the molecule is C=CC1=C(C)C(C)(C)c2ccccc21.CC.CC.CC. The van der Waals surface area contributed by atoms with Gasteiger partial charge in [-0.05, 0) is 23.6 Å². The Balaban J connectivity index is 0. The lowest BCUT2D eigenvalue weighted by molar-refractivity contribution is 0.639. The van der Waals surface area contributed by atoms with Crippen molar-refractivity contribution in [1.82, 2.24) is 0 Å². The molecule has 0 saturated carbocycles. The second-order valence-corrected chi connectivity index (χ2v) is 4.41. The Morgan fingerprint density at radius 3 is 1.80 bits per heavy atom. The van der Waals surface area contributed by atoms with Gasteiger partial charge in [-0.25, -0.2) is 0 Å². The topological polar surface area (TPSA) is 0 Å². The predicted octanol–water partition coefficient (Wildman–Crippen LogP) is 7.02. The Morgan fingerprint density at radius 1 is 0.900 bits per heavy atom. The standard InChI is InChI=1S/C14H16.3C2H6/c1-5-11-10(2)14(3,4)13-9-7-6-8-12(11)13;3*1-2/h5-9H,1H2,2-4H3;3*1-2H3. The van der Waals surface area contributed by atoms with Crippen LogP contribution in [-0.2, 0) is 5.41 Å². The van der Waals surface area contributed by atoms with E-state index in [1.54, 1.807) is 0 Å². The van der Waals surface area contributed by atoms with Gasteiger partial charge < -0.3 is 0 Å². The second-order valence-electron chi connectivity index (χ2n) is 4.41. The maximum absolute atomic E-state index is 3.90. The minimum atomic E-state index is 0.167. The first-order valence-corrected chi connectivity index (χ1v) is 8.02. The van der Waals surface area contributed by atoms with Crippen molar-refractivity contribution in [2.75, 3.05) is 0 Å². The van der Waals surface area contributed by atoms with E-state index in [0.717, 1.165) is 0 Å². The quantitative estimate of drug-likeness (QED) is 0.516. The predicted molar refractivity (Wildman–Crippen MR) is 96.3 cm³/mol. The maximum Gasteiger partial charge on any atom is 0.0118 e. The maximum atomic E-state index is 3.90. The number of hydrogen-bond acceptors (Lipinski definition) is 0. The fourth-order valence-electron chi connectivity index (χ4n) is 2.27. The van der Waals surface area contributed by atoms with Gasteiger partial charge in [-0.15, -0.1) is 0 Å². The van der Waals surface area contributed by atoms with E-state index >= 15 is 0 Å². The lowest BCUT2D eigenvalue weighted by atomic mass is 9.82. The molecule has 0 bridgehead atoms. The third-order valence-corrected chi connectivity index (χ3v) is 3.44. The average Bonchev–Trinajstić information content (AvgIpc) is 2.73. The van der Waals surface area contributed by atoms with E-state index in [1.807, 2.05) is 47.6 Å². The normalized spacial score (nSPS) is 13.7. The average molecular weight is 274 g/mol. The summed E-state index contributed by atoms with van der Waals surface area (Å²) in [5.41, 5.74) is 5.68. The van der Waals surface area contributed by atoms with Crippen LogP contribution in [0.1, 0.15) is 73.4 Å². The summed E-state index contributed by atoms with van der Waals surface area (Å²) in [5, 5.41) is 0. The van der Waals surface area contributed by atoms with Gasteiger partial charge in [0, 0.05) is 5.41 Å². The monoisotopic (exact) mass is 274 g/mol. The molecule has 0 heterocycles. The van der Waals surface area contributed by atoms with Crippen LogP contribution < -0.4 is 0 Å². The first-order valence-electron chi connectivity index (χ1n) is 8.02. The lowest BCUT2D eigenvalue weighted by Gasteiger charge is -2.21. The molecule has 0 spiro atoms. The van der Waals surface area contributed by atoms with Gasteiger partial charge in [0.1, 0.15) is 0 Å². The van der Waals surface area contributed by atoms with E-state index in [0.29, 0.717) is 0 Å². The lowest BCUT2D eigenvalue weighted by Crippen LogP contribution is -2.15. The van der Waals surface area contributed by atoms with Crippen molar-refractivity contribution in [1.29, 1.82) is 0 Å². The highest BCUT2D eigenvalue weighted by atomic mass is 14.4. The van der Waals surface area contributed by atoms with Crippen LogP contribution in [-0.4, -0.2) is 0 Å². The molecular formula is C20H34. The summed E-state index contributed by atoms with van der Waals surface area (Å²) in [6, 6.07) is 8.61. The Hall–Kier alpha value is -1.30. The molecule has 1 aliphatic rings. The zero-order chi connectivity index (χ0) is 16.3. The smallest absolute Gasteiger partial charge is 0.0118 e. The Kier molecular flexibility index (Phi) is 11.0. The minimum absolute atomic E-state index is 0.167. The van der Waals surface area contributed by atoms with E-state index in [9.17, 15) is 0 Å². The third-order valence-electron chi connectivity index (χ3n) is 3.44. The highest BCUT2D eigenvalue weighted by molar-refractivity contribution is 5.85. The summed E-state index contributed by atoms with van der Waals surface area (Å²) >= 11 is 0. The molecular weight excluding hydrogens is 240 g/mol. The highest BCUT2D eigenvalue weighted by Gasteiger charge is 2.33. The van der Waals surface area contributed by atoms with Crippen LogP contribution >= 0.6 is 0 Å². The molecule has 0 N–H and O–H groups in total. The van der Waals surface area contributed by atoms with Gasteiger partial charge in [0.25, 0.3) is 0 Å². The largest absolute Gasteiger partial charge is 0.0984 e. The molecule has 0 unspecified atom stereocenters. The van der Waals surface area contributed by atoms with Crippen LogP contribution in [0.25, 0.3) is 5.57 Å². The molecule has 0 fully saturated rings. The minimum Gasteiger partial charge on any atom is -0.0984 e. The highest BCUT2D eigenvalue weighted by Crippen LogP contribution is 2.45. The Morgan fingerprint density at radius 2 is 1.35 bits per heavy atom. The number of hydrogen-bond donors (Lipinski definition) is 0. The van der Waals surface area contributed by atoms with Crippen molar-refractivity contribution >= 4 is 5.57 Å². The zero-order valence-corrected chi connectivity index (χ0v) is 15.1. The van der Waals surface area contributed by atoms with E-state index in [2.05, 4.69) is 51.6 Å². The van der Waals surface area contributed by atoms with Crippen LogP contribution in [0, 0.1) is 0 Å². The van der Waals surface area contributed by atoms with Crippen LogP contribution in [0.3, 0.4) is 0 Å². The van der Waals surface area contributed by atoms with Gasteiger partial charge in [0.15, 0.2) is 0 Å². The second kappa shape index (κ2) is 10.5. The fraction of sp³-hybridized carbons (Fsp3) is 0.500. The molecule has 0 radical (unpaired) electrons. The van der Waals surface area contributed by atoms with Gasteiger partial charge in [-0.2, -0.15) is 0 Å². The molecule has 20 heavy (non-hydrogen) atoms. The van der Waals surface area contributed by atoms with Gasteiger partial charge in [-0.1, -0.05) is 97.9 Å². The Labute approximate surface area is 127 Å². The van der Waals surface area contributed by atoms with Crippen molar-refractivity contribution in [2.24, 2.45) is 0 Å². The van der Waals surface area contributed by atoms with E-state index < -0.39 is 0 Å². The third kappa shape index (κ3) is 4.10. The van der Waals surface area contributed by atoms with Crippen molar-refractivity contribution in [3.63, 3.8) is 0 Å². The van der Waals surface area contributed by atoms with Crippen molar-refractivity contribution < 1.29 is 0 Å². The summed E-state index contributed by atoms with van der Waals surface area (Å²) in [7, 11) is 0. The molecule has 114 valence electrons. The zero-order valence-electron chi connectivity index (χ0n) is 15.1. The molecule has 1 aromatic rings. The van der Waals surface area contributed by atoms with Crippen LogP contribution in [0.15, 0.2) is 42.5 Å². The summed E-state index contributed by atoms with van der Waals surface area (Å²) in [4.78, 5) is 0. The van der Waals surface area contributed by atoms with E-state index in [1.165, 1.54) is 22.3 Å². The Bertz CT molecular complexity index is 419. The van der Waals surface area contributed by atoms with Crippen LogP contribution in [0.4, 0.5) is 0 Å². The van der Waals surface area contributed by atoms with Crippen molar-refractivity contribution in [3.8, 4) is 0 Å². The van der Waals surface area contributed by atoms with Crippen molar-refractivity contribution in [2.45, 2.75) is 67.7 Å². The number of fused-ring (bicyclic) bond motifs is 1. The molecule has 0 heteroatoms. The molecule has 0 aliphatic heterocycles. The molecule has 0 amide bonds. The summed E-state index contributed by atoms with van der Waals surface area (Å²) in [6.45, 7) is 22.7. The molecule has 0 aromatic heterocycles. The molecule has 0 saturated heterocycles. The van der Waals surface area contributed by atoms with Crippen LogP contribution in [0.2, 0.25) is 0 Å². The first-order chi connectivity index (χ1) is 9.59. The molecule has 0 atom stereocenters. The van der Waals surface area contributed by atoms with E-state index in [4.69, 9.17) is 0 Å². The number of benzene rings is 1. The summed E-state index contributed by atoms with van der Waals surface area (Å²) in [6.07, 6.45) is 1.98.